The highest BCUT2D eigenvalue weighted by atomic mass is 16.6. The fourth-order valence-corrected chi connectivity index (χ4v) is 3.78. The predicted octanol–water partition coefficient (Wildman–Crippen LogP) is 5.66. The Balaban J connectivity index is 1.95. The number of rotatable bonds is 10. The van der Waals surface area contributed by atoms with Crippen molar-refractivity contribution < 1.29 is 19.0 Å². The number of carbonyl (C=O) groups excluding carboxylic acids is 1. The molecule has 3 aromatic carbocycles. The average molecular weight is 462 g/mol. The maximum Gasteiger partial charge on any atom is 0.324 e. The van der Waals surface area contributed by atoms with E-state index < -0.39 is 11.6 Å². The van der Waals surface area contributed by atoms with Crippen LogP contribution in [-0.2, 0) is 29.0 Å². The van der Waals surface area contributed by atoms with E-state index in [4.69, 9.17) is 14.2 Å². The van der Waals surface area contributed by atoms with Gasteiger partial charge in [0.25, 0.3) is 0 Å². The van der Waals surface area contributed by atoms with Gasteiger partial charge in [-0.1, -0.05) is 54.6 Å². The Bertz CT molecular complexity index is 975. The minimum Gasteiger partial charge on any atom is -0.497 e. The maximum absolute atomic E-state index is 13.5. The van der Waals surface area contributed by atoms with Crippen LogP contribution in [-0.4, -0.2) is 36.7 Å². The van der Waals surface area contributed by atoms with Crippen molar-refractivity contribution in [1.82, 2.24) is 4.90 Å². The van der Waals surface area contributed by atoms with Crippen LogP contribution < -0.4 is 9.47 Å². The first-order valence-electron chi connectivity index (χ1n) is 11.5. The molecule has 0 fully saturated rings. The van der Waals surface area contributed by atoms with Crippen molar-refractivity contribution in [3.63, 3.8) is 0 Å². The highest BCUT2D eigenvalue weighted by Crippen LogP contribution is 2.22. The second-order valence-corrected chi connectivity index (χ2v) is 9.34. The van der Waals surface area contributed by atoms with Crippen molar-refractivity contribution in [2.75, 3.05) is 14.2 Å². The van der Waals surface area contributed by atoms with E-state index in [1.54, 1.807) is 14.2 Å². The molecule has 1 atom stereocenters. The van der Waals surface area contributed by atoms with E-state index >= 15 is 0 Å². The zero-order valence-corrected chi connectivity index (χ0v) is 20.8. The Morgan fingerprint density at radius 1 is 0.735 bits per heavy atom. The van der Waals surface area contributed by atoms with Gasteiger partial charge in [0.05, 0.1) is 14.2 Å². The summed E-state index contributed by atoms with van der Waals surface area (Å²) >= 11 is 0. The lowest BCUT2D eigenvalue weighted by Gasteiger charge is -2.33. The summed E-state index contributed by atoms with van der Waals surface area (Å²) in [6, 6.07) is 25.6. The molecule has 0 aliphatic carbocycles. The van der Waals surface area contributed by atoms with Crippen LogP contribution in [0.4, 0.5) is 0 Å². The van der Waals surface area contributed by atoms with Crippen LogP contribution in [0, 0.1) is 0 Å². The average Bonchev–Trinajstić information content (AvgIpc) is 2.82. The molecular formula is C29H35NO4. The summed E-state index contributed by atoms with van der Waals surface area (Å²) in [5.74, 6) is 1.38. The summed E-state index contributed by atoms with van der Waals surface area (Å²) in [4.78, 5) is 15.7. The number of ether oxygens (including phenoxy) is 3. The van der Waals surface area contributed by atoms with Crippen molar-refractivity contribution >= 4 is 5.97 Å². The number of benzene rings is 3. The van der Waals surface area contributed by atoms with E-state index in [9.17, 15) is 4.79 Å². The molecule has 0 N–H and O–H groups in total. The Labute approximate surface area is 203 Å². The van der Waals surface area contributed by atoms with Gasteiger partial charge >= 0.3 is 5.97 Å². The molecule has 34 heavy (non-hydrogen) atoms. The summed E-state index contributed by atoms with van der Waals surface area (Å²) in [7, 11) is 3.31. The van der Waals surface area contributed by atoms with Gasteiger partial charge in [0.1, 0.15) is 23.1 Å². The van der Waals surface area contributed by atoms with Crippen LogP contribution in [0.1, 0.15) is 37.5 Å². The first-order valence-corrected chi connectivity index (χ1v) is 11.5. The van der Waals surface area contributed by atoms with E-state index in [1.807, 2.05) is 87.5 Å². The lowest BCUT2D eigenvalue weighted by atomic mass is 10.0. The molecule has 5 nitrogen and oxygen atoms in total. The monoisotopic (exact) mass is 461 g/mol. The molecule has 0 aliphatic rings. The summed E-state index contributed by atoms with van der Waals surface area (Å²) < 4.78 is 16.5. The van der Waals surface area contributed by atoms with E-state index in [-0.39, 0.29) is 5.97 Å². The second kappa shape index (κ2) is 11.7. The van der Waals surface area contributed by atoms with Gasteiger partial charge in [0.15, 0.2) is 0 Å². The molecule has 0 radical (unpaired) electrons. The smallest absolute Gasteiger partial charge is 0.324 e. The van der Waals surface area contributed by atoms with Crippen molar-refractivity contribution in [2.45, 2.75) is 51.9 Å². The maximum atomic E-state index is 13.5. The molecule has 3 rings (SSSR count). The van der Waals surface area contributed by atoms with E-state index in [0.29, 0.717) is 19.5 Å². The molecule has 0 saturated heterocycles. The van der Waals surface area contributed by atoms with Crippen molar-refractivity contribution in [3.05, 3.63) is 95.6 Å². The number of carbonyl (C=O) groups is 1. The van der Waals surface area contributed by atoms with Crippen LogP contribution >= 0.6 is 0 Å². The van der Waals surface area contributed by atoms with E-state index in [1.165, 1.54) is 0 Å². The van der Waals surface area contributed by atoms with Gasteiger partial charge in [0, 0.05) is 13.1 Å². The lowest BCUT2D eigenvalue weighted by Crippen LogP contribution is -2.45. The standard InChI is InChI=1S/C29H35NO4/c1-29(2,3)34-28(31)27(19-22-9-7-6-8-10-22)30(20-23-11-15-25(32-4)16-12-23)21-24-13-17-26(33-5)18-14-24/h6-18,27H,19-21H2,1-5H3. The van der Waals surface area contributed by atoms with Crippen molar-refractivity contribution in [3.8, 4) is 11.5 Å². The second-order valence-electron chi connectivity index (χ2n) is 9.34. The van der Waals surface area contributed by atoms with Crippen LogP contribution in [0.2, 0.25) is 0 Å². The first-order chi connectivity index (χ1) is 16.3. The molecule has 0 spiro atoms. The normalized spacial score (nSPS) is 12.3. The van der Waals surface area contributed by atoms with Gasteiger partial charge in [-0.05, 0) is 68.1 Å². The van der Waals surface area contributed by atoms with Crippen LogP contribution in [0.15, 0.2) is 78.9 Å². The van der Waals surface area contributed by atoms with E-state index in [2.05, 4.69) is 17.0 Å². The number of methoxy groups -OCH3 is 2. The molecule has 0 aromatic heterocycles. The first kappa shape index (κ1) is 25.3. The molecule has 0 bridgehead atoms. The SMILES string of the molecule is COc1ccc(CN(Cc2ccc(OC)cc2)C(Cc2ccccc2)C(=O)OC(C)(C)C)cc1. The summed E-state index contributed by atoms with van der Waals surface area (Å²) in [5, 5.41) is 0. The zero-order valence-electron chi connectivity index (χ0n) is 20.8. The Morgan fingerprint density at radius 3 is 1.62 bits per heavy atom. The molecule has 5 heteroatoms. The summed E-state index contributed by atoms with van der Waals surface area (Å²) in [6.45, 7) is 6.89. The minimum atomic E-state index is -0.572. The van der Waals surface area contributed by atoms with Gasteiger partial charge in [-0.2, -0.15) is 0 Å². The van der Waals surface area contributed by atoms with Gasteiger partial charge in [0.2, 0.25) is 0 Å². The molecule has 180 valence electrons. The Kier molecular flexibility index (Phi) is 8.72. The van der Waals surface area contributed by atoms with Crippen molar-refractivity contribution in [2.24, 2.45) is 0 Å². The van der Waals surface area contributed by atoms with Crippen LogP contribution in [0.5, 0.6) is 11.5 Å². The fraction of sp³-hybridized carbons (Fsp3) is 0.345. The number of nitrogens with zero attached hydrogens (tertiary/aromatic N) is 1. The highest BCUT2D eigenvalue weighted by Gasteiger charge is 2.31. The minimum absolute atomic E-state index is 0.224. The fourth-order valence-electron chi connectivity index (χ4n) is 3.78. The van der Waals surface area contributed by atoms with Crippen LogP contribution in [0.25, 0.3) is 0 Å². The van der Waals surface area contributed by atoms with Gasteiger partial charge < -0.3 is 14.2 Å². The predicted molar refractivity (Wildman–Crippen MR) is 135 cm³/mol. The molecule has 3 aromatic rings. The van der Waals surface area contributed by atoms with Gasteiger partial charge in [-0.25, -0.2) is 0 Å². The molecule has 1 unspecified atom stereocenters. The third-order valence-electron chi connectivity index (χ3n) is 5.48. The van der Waals surface area contributed by atoms with Gasteiger partial charge in [-0.15, -0.1) is 0 Å². The number of hydrogen-bond donors (Lipinski definition) is 0. The zero-order chi connectivity index (χ0) is 24.6. The lowest BCUT2D eigenvalue weighted by molar-refractivity contribution is -0.162. The number of esters is 1. The van der Waals surface area contributed by atoms with Crippen molar-refractivity contribution in [1.29, 1.82) is 0 Å². The Morgan fingerprint density at radius 2 is 1.21 bits per heavy atom. The third kappa shape index (κ3) is 7.63. The molecular weight excluding hydrogens is 426 g/mol. The highest BCUT2D eigenvalue weighted by molar-refractivity contribution is 5.76. The largest absolute Gasteiger partial charge is 0.497 e. The molecule has 0 amide bonds. The van der Waals surface area contributed by atoms with Crippen LogP contribution in [0.3, 0.4) is 0 Å². The molecule has 0 aliphatic heterocycles. The quantitative estimate of drug-likeness (QED) is 0.365. The van der Waals surface area contributed by atoms with E-state index in [0.717, 1.165) is 28.2 Å². The molecule has 0 heterocycles. The summed E-state index contributed by atoms with van der Waals surface area (Å²) in [5.41, 5.74) is 2.71. The summed E-state index contributed by atoms with van der Waals surface area (Å²) in [6.07, 6.45) is 0.558. The Hall–Kier alpha value is -3.31. The third-order valence-corrected chi connectivity index (χ3v) is 5.48. The topological polar surface area (TPSA) is 48.0 Å². The van der Waals surface area contributed by atoms with Gasteiger partial charge in [-0.3, -0.25) is 9.69 Å². The molecule has 0 saturated carbocycles. The number of hydrogen-bond acceptors (Lipinski definition) is 5.